The number of benzene rings is 1. The van der Waals surface area contributed by atoms with E-state index < -0.39 is 34.3 Å². The number of anilines is 1. The zero-order valence-corrected chi connectivity index (χ0v) is 14.1. The number of carbonyl (C=O) groups is 1. The Balaban J connectivity index is 2.21. The van der Waals surface area contributed by atoms with Gasteiger partial charge >= 0.3 is 6.18 Å². The second-order valence-corrected chi connectivity index (χ2v) is 6.96. The molecule has 1 aromatic carbocycles. The van der Waals surface area contributed by atoms with Crippen molar-refractivity contribution in [1.29, 1.82) is 0 Å². The summed E-state index contributed by atoms with van der Waals surface area (Å²) in [5.74, 6) is -0.661. The average Bonchev–Trinajstić information content (AvgIpc) is 2.91. The second-order valence-electron chi connectivity index (χ2n) is 5.40. The predicted molar refractivity (Wildman–Crippen MR) is 83.1 cm³/mol. The third-order valence-electron chi connectivity index (χ3n) is 3.48. The molecule has 0 radical (unpaired) electrons. The van der Waals surface area contributed by atoms with Crippen LogP contribution < -0.4 is 10.5 Å². The number of nitrogens with one attached hydrogen (secondary N) is 1. The summed E-state index contributed by atoms with van der Waals surface area (Å²) in [4.78, 5) is 11.9. The number of amides is 1. The molecule has 1 heterocycles. The number of alkyl halides is 3. The molecule has 7 nitrogen and oxygen atoms in total. The first kappa shape index (κ1) is 18.9. The minimum atomic E-state index is -4.60. The van der Waals surface area contributed by atoms with Gasteiger partial charge in [-0.3, -0.25) is 9.48 Å². The molecule has 0 bridgehead atoms. The van der Waals surface area contributed by atoms with Crippen molar-refractivity contribution in [2.75, 3.05) is 5.32 Å². The summed E-state index contributed by atoms with van der Waals surface area (Å²) in [7, 11) is -3.97. The molecule has 0 aliphatic carbocycles. The number of sulfonamides is 1. The molecule has 0 fully saturated rings. The number of carbonyl (C=O) groups excluding carboxylic acids is 1. The highest BCUT2D eigenvalue weighted by Gasteiger charge is 2.33. The SMILES string of the molecule is Cc1cc(S(N)(=O)=O)cc(NC(=O)Cn2ccc(C(F)(F)F)n2)c1C. The minimum Gasteiger partial charge on any atom is -0.324 e. The summed E-state index contributed by atoms with van der Waals surface area (Å²) in [5, 5.41) is 10.8. The van der Waals surface area contributed by atoms with Gasteiger partial charge < -0.3 is 5.32 Å². The first-order valence-electron chi connectivity index (χ1n) is 6.92. The molecular weight excluding hydrogens is 361 g/mol. The lowest BCUT2D eigenvalue weighted by Gasteiger charge is -2.13. The molecule has 25 heavy (non-hydrogen) atoms. The van der Waals surface area contributed by atoms with Gasteiger partial charge in [-0.1, -0.05) is 0 Å². The molecule has 2 aromatic rings. The summed E-state index contributed by atoms with van der Waals surface area (Å²) < 4.78 is 61.3. The molecule has 1 amide bonds. The monoisotopic (exact) mass is 376 g/mol. The van der Waals surface area contributed by atoms with Crippen molar-refractivity contribution in [2.45, 2.75) is 31.5 Å². The topological polar surface area (TPSA) is 107 Å². The summed E-state index contributed by atoms with van der Waals surface area (Å²) in [6.45, 7) is 2.84. The largest absolute Gasteiger partial charge is 0.435 e. The first-order chi connectivity index (χ1) is 11.4. The smallest absolute Gasteiger partial charge is 0.324 e. The number of nitrogens with zero attached hydrogens (tertiary/aromatic N) is 2. The number of halogens is 3. The van der Waals surface area contributed by atoms with Crippen molar-refractivity contribution < 1.29 is 26.4 Å². The molecule has 1 aromatic heterocycles. The van der Waals surface area contributed by atoms with Crippen LogP contribution in [0.3, 0.4) is 0 Å². The Hall–Kier alpha value is -2.40. The summed E-state index contributed by atoms with van der Waals surface area (Å²) in [6.07, 6.45) is -3.57. The third-order valence-corrected chi connectivity index (χ3v) is 4.37. The summed E-state index contributed by atoms with van der Waals surface area (Å²) in [6, 6.07) is 3.31. The van der Waals surface area contributed by atoms with Crippen molar-refractivity contribution >= 4 is 21.6 Å². The van der Waals surface area contributed by atoms with Gasteiger partial charge in [0, 0.05) is 11.9 Å². The normalized spacial score (nSPS) is 12.2. The number of aromatic nitrogens is 2. The molecule has 11 heteroatoms. The Labute approximate surface area is 141 Å². The number of nitrogens with two attached hydrogens (primary N) is 1. The van der Waals surface area contributed by atoms with Gasteiger partial charge in [-0.05, 0) is 43.2 Å². The molecule has 0 saturated heterocycles. The highest BCUT2D eigenvalue weighted by atomic mass is 32.2. The number of rotatable bonds is 4. The molecule has 136 valence electrons. The fourth-order valence-electron chi connectivity index (χ4n) is 2.06. The number of aryl methyl sites for hydroxylation is 1. The highest BCUT2D eigenvalue weighted by Crippen LogP contribution is 2.27. The van der Waals surface area contributed by atoms with Crippen LogP contribution in [0.25, 0.3) is 0 Å². The average molecular weight is 376 g/mol. The lowest BCUT2D eigenvalue weighted by Crippen LogP contribution is -2.21. The quantitative estimate of drug-likeness (QED) is 0.848. The van der Waals surface area contributed by atoms with Gasteiger partial charge in [0.05, 0.1) is 4.90 Å². The van der Waals surface area contributed by atoms with E-state index in [1.165, 1.54) is 12.1 Å². The standard InChI is InChI=1S/C14H15F3N4O3S/c1-8-5-10(25(18,23)24)6-11(9(8)2)19-13(22)7-21-4-3-12(20-21)14(15,16)17/h3-6H,7H2,1-2H3,(H,19,22)(H2,18,23,24). The van der Waals surface area contributed by atoms with E-state index in [2.05, 4.69) is 10.4 Å². The molecule has 3 N–H and O–H groups in total. The van der Waals surface area contributed by atoms with E-state index >= 15 is 0 Å². The molecule has 2 rings (SSSR count). The van der Waals surface area contributed by atoms with Crippen LogP contribution in [0.15, 0.2) is 29.3 Å². The maximum Gasteiger partial charge on any atom is 0.435 e. The van der Waals surface area contributed by atoms with Crippen LogP contribution in [-0.2, 0) is 27.5 Å². The van der Waals surface area contributed by atoms with Crippen molar-refractivity contribution in [3.63, 3.8) is 0 Å². The Bertz CT molecular complexity index is 920. The van der Waals surface area contributed by atoms with E-state index in [4.69, 9.17) is 5.14 Å². The van der Waals surface area contributed by atoms with Crippen LogP contribution in [0.5, 0.6) is 0 Å². The Morgan fingerprint density at radius 2 is 1.96 bits per heavy atom. The van der Waals surface area contributed by atoms with Gasteiger partial charge in [0.2, 0.25) is 15.9 Å². The molecule has 0 aliphatic heterocycles. The maximum atomic E-state index is 12.5. The van der Waals surface area contributed by atoms with Gasteiger partial charge in [-0.2, -0.15) is 18.3 Å². The van der Waals surface area contributed by atoms with E-state index in [0.717, 1.165) is 16.9 Å². The lowest BCUT2D eigenvalue weighted by atomic mass is 10.1. The van der Waals surface area contributed by atoms with Crippen molar-refractivity contribution in [3.8, 4) is 0 Å². The van der Waals surface area contributed by atoms with E-state index in [9.17, 15) is 26.4 Å². The van der Waals surface area contributed by atoms with Crippen LogP contribution >= 0.6 is 0 Å². The third kappa shape index (κ3) is 4.57. The van der Waals surface area contributed by atoms with E-state index in [-0.39, 0.29) is 10.6 Å². The molecule has 0 saturated carbocycles. The number of hydrogen-bond donors (Lipinski definition) is 2. The zero-order valence-electron chi connectivity index (χ0n) is 13.3. The molecule has 0 spiro atoms. The van der Waals surface area contributed by atoms with Crippen LogP contribution in [-0.4, -0.2) is 24.1 Å². The number of primary sulfonamides is 1. The van der Waals surface area contributed by atoms with Gasteiger partial charge in [0.15, 0.2) is 5.69 Å². The van der Waals surface area contributed by atoms with Crippen molar-refractivity contribution in [3.05, 3.63) is 41.2 Å². The van der Waals surface area contributed by atoms with Crippen LogP contribution in [0, 0.1) is 13.8 Å². The second kappa shape index (κ2) is 6.48. The van der Waals surface area contributed by atoms with Crippen LogP contribution in [0.1, 0.15) is 16.8 Å². The Morgan fingerprint density at radius 3 is 2.48 bits per heavy atom. The number of hydrogen-bond acceptors (Lipinski definition) is 4. The van der Waals surface area contributed by atoms with E-state index in [0.29, 0.717) is 11.1 Å². The minimum absolute atomic E-state index is 0.177. The first-order valence-corrected chi connectivity index (χ1v) is 8.47. The van der Waals surface area contributed by atoms with Crippen LogP contribution in [0.2, 0.25) is 0 Å². The fourth-order valence-corrected chi connectivity index (χ4v) is 2.68. The van der Waals surface area contributed by atoms with Gasteiger partial charge in [0.25, 0.3) is 0 Å². The summed E-state index contributed by atoms with van der Waals surface area (Å²) in [5.41, 5.74) is 0.290. The fraction of sp³-hybridized carbons (Fsp3) is 0.286. The molecule has 0 atom stereocenters. The Kier molecular flexibility index (Phi) is 4.91. The van der Waals surface area contributed by atoms with Crippen molar-refractivity contribution in [2.24, 2.45) is 5.14 Å². The highest BCUT2D eigenvalue weighted by molar-refractivity contribution is 7.89. The molecule has 0 aliphatic rings. The van der Waals surface area contributed by atoms with Crippen molar-refractivity contribution in [1.82, 2.24) is 9.78 Å². The molecule has 0 unspecified atom stereocenters. The maximum absolute atomic E-state index is 12.5. The van der Waals surface area contributed by atoms with Gasteiger partial charge in [-0.15, -0.1) is 0 Å². The lowest BCUT2D eigenvalue weighted by molar-refractivity contribution is -0.141. The summed E-state index contributed by atoms with van der Waals surface area (Å²) >= 11 is 0. The van der Waals surface area contributed by atoms with Crippen LogP contribution in [0.4, 0.5) is 18.9 Å². The van der Waals surface area contributed by atoms with E-state index in [1.54, 1.807) is 13.8 Å². The van der Waals surface area contributed by atoms with Gasteiger partial charge in [0.1, 0.15) is 6.54 Å². The van der Waals surface area contributed by atoms with E-state index in [1.807, 2.05) is 0 Å². The Morgan fingerprint density at radius 1 is 1.32 bits per heavy atom. The molecular formula is C14H15F3N4O3S. The zero-order chi connectivity index (χ0) is 19.0. The predicted octanol–water partition coefficient (Wildman–Crippen LogP) is 1.80. The van der Waals surface area contributed by atoms with Gasteiger partial charge in [-0.25, -0.2) is 13.6 Å².